The van der Waals surface area contributed by atoms with Crippen molar-refractivity contribution < 1.29 is 27.8 Å². The molecule has 1 atom stereocenters. The largest absolute Gasteiger partial charge is 0.508 e. The fourth-order valence-electron chi connectivity index (χ4n) is 3.70. The maximum absolute atomic E-state index is 13.0. The summed E-state index contributed by atoms with van der Waals surface area (Å²) in [6.07, 6.45) is -2.06. The van der Waals surface area contributed by atoms with E-state index in [0.717, 1.165) is 36.5 Å². The summed E-state index contributed by atoms with van der Waals surface area (Å²) < 4.78 is 45.4. The maximum atomic E-state index is 13.0. The predicted octanol–water partition coefficient (Wildman–Crippen LogP) is 3.06. The van der Waals surface area contributed by atoms with Crippen LogP contribution in [-0.4, -0.2) is 34.1 Å². The van der Waals surface area contributed by atoms with Crippen LogP contribution in [0.4, 0.5) is 18.0 Å². The van der Waals surface area contributed by atoms with Gasteiger partial charge in [0.15, 0.2) is 5.69 Å². The van der Waals surface area contributed by atoms with Gasteiger partial charge in [0.05, 0.1) is 37.5 Å². The van der Waals surface area contributed by atoms with Gasteiger partial charge in [-0.3, -0.25) is 4.68 Å². The predicted molar refractivity (Wildman–Crippen MR) is 96.2 cm³/mol. The van der Waals surface area contributed by atoms with Crippen LogP contribution in [0.1, 0.15) is 47.4 Å². The lowest BCUT2D eigenvalue weighted by Gasteiger charge is -2.28. The number of carbonyl (C=O) groups is 1. The van der Waals surface area contributed by atoms with E-state index in [4.69, 9.17) is 4.74 Å². The quantitative estimate of drug-likeness (QED) is 0.723. The zero-order chi connectivity index (χ0) is 20.6. The zero-order valence-electron chi connectivity index (χ0n) is 15.5. The Labute approximate surface area is 164 Å². The van der Waals surface area contributed by atoms with Crippen LogP contribution in [0.15, 0.2) is 24.3 Å². The molecule has 1 aromatic carbocycles. The highest BCUT2D eigenvalue weighted by Gasteiger charge is 2.36. The van der Waals surface area contributed by atoms with Gasteiger partial charge in [0.1, 0.15) is 5.75 Å². The molecule has 2 aliphatic rings. The number of ether oxygens (including phenoxy) is 1. The van der Waals surface area contributed by atoms with Crippen LogP contribution < -0.4 is 10.6 Å². The van der Waals surface area contributed by atoms with E-state index >= 15 is 0 Å². The maximum Gasteiger partial charge on any atom is 0.435 e. The average Bonchev–Trinajstić information content (AvgIpc) is 3.03. The topological polar surface area (TPSA) is 88.4 Å². The van der Waals surface area contributed by atoms with E-state index in [-0.39, 0.29) is 30.1 Å². The molecule has 0 radical (unpaired) electrons. The summed E-state index contributed by atoms with van der Waals surface area (Å²) >= 11 is 0. The van der Waals surface area contributed by atoms with Gasteiger partial charge in [0.2, 0.25) is 0 Å². The number of hydrogen-bond acceptors (Lipinski definition) is 4. The number of carbonyl (C=O) groups excluding carboxylic acids is 1. The number of amides is 2. The van der Waals surface area contributed by atoms with Crippen molar-refractivity contribution in [3.63, 3.8) is 0 Å². The molecule has 3 N–H and O–H groups in total. The van der Waals surface area contributed by atoms with Crippen LogP contribution in [0.25, 0.3) is 0 Å². The van der Waals surface area contributed by atoms with E-state index < -0.39 is 17.9 Å². The van der Waals surface area contributed by atoms with Crippen molar-refractivity contribution in [3.8, 4) is 5.75 Å². The van der Waals surface area contributed by atoms with Crippen molar-refractivity contribution in [2.24, 2.45) is 0 Å². The summed E-state index contributed by atoms with van der Waals surface area (Å²) in [6.45, 7) is 0.492. The minimum atomic E-state index is -4.55. The smallest absolute Gasteiger partial charge is 0.435 e. The van der Waals surface area contributed by atoms with Crippen molar-refractivity contribution in [2.45, 2.75) is 44.1 Å². The molecular formula is C19H21F3N4O3. The molecule has 2 heterocycles. The Morgan fingerprint density at radius 1 is 1.31 bits per heavy atom. The number of phenolic OH excluding ortho intramolecular Hbond substituents is 1. The number of aromatic hydroxyl groups is 1. The van der Waals surface area contributed by atoms with Crippen LogP contribution in [0.2, 0.25) is 0 Å². The fourth-order valence-corrected chi connectivity index (χ4v) is 3.70. The van der Waals surface area contributed by atoms with Crippen LogP contribution in [0.5, 0.6) is 5.75 Å². The first-order chi connectivity index (χ1) is 13.8. The molecule has 1 unspecified atom stereocenters. The van der Waals surface area contributed by atoms with Gasteiger partial charge in [0, 0.05) is 0 Å². The molecule has 1 fully saturated rings. The third-order valence-electron chi connectivity index (χ3n) is 5.25. The number of hydrogen-bond donors (Lipinski definition) is 3. The SMILES string of the molecule is O=C(NCc1cc(C(F)(F)F)nn1C1COC1)NC1CCCc2ccc(O)cc21. The van der Waals surface area contributed by atoms with E-state index in [1.54, 1.807) is 12.1 Å². The third kappa shape index (κ3) is 4.16. The van der Waals surface area contributed by atoms with Gasteiger partial charge in [-0.25, -0.2) is 4.79 Å². The van der Waals surface area contributed by atoms with Gasteiger partial charge in [-0.15, -0.1) is 0 Å². The molecule has 7 nitrogen and oxygen atoms in total. The molecule has 1 saturated heterocycles. The monoisotopic (exact) mass is 410 g/mol. The Balaban J connectivity index is 1.43. The Hall–Kier alpha value is -2.75. The first kappa shape index (κ1) is 19.6. The lowest BCUT2D eigenvalue weighted by Crippen LogP contribution is -2.40. The van der Waals surface area contributed by atoms with Gasteiger partial charge in [0.25, 0.3) is 0 Å². The Kier molecular flexibility index (Phi) is 5.12. The van der Waals surface area contributed by atoms with E-state index in [1.807, 2.05) is 6.07 Å². The lowest BCUT2D eigenvalue weighted by atomic mass is 9.87. The molecule has 2 amide bonds. The summed E-state index contributed by atoms with van der Waals surface area (Å²) in [4.78, 5) is 12.4. The van der Waals surface area contributed by atoms with E-state index in [9.17, 15) is 23.1 Å². The normalized spacial score (nSPS) is 19.3. The number of urea groups is 1. The second-order valence-corrected chi connectivity index (χ2v) is 7.31. The van der Waals surface area contributed by atoms with Gasteiger partial charge in [-0.2, -0.15) is 18.3 Å². The number of rotatable bonds is 4. The van der Waals surface area contributed by atoms with Gasteiger partial charge >= 0.3 is 12.2 Å². The van der Waals surface area contributed by atoms with Crippen LogP contribution in [-0.2, 0) is 23.9 Å². The standard InChI is InChI=1S/C19H21F3N4O3/c20-19(21,22)17-6-12(26(25-17)13-9-29-10-13)8-23-18(28)24-16-3-1-2-11-4-5-14(27)7-15(11)16/h4-7,13,16,27H,1-3,8-10H2,(H2,23,24,28). The molecule has 0 spiro atoms. The number of nitrogens with zero attached hydrogens (tertiary/aromatic N) is 2. The molecule has 1 aliphatic heterocycles. The summed E-state index contributed by atoms with van der Waals surface area (Å²) in [5, 5.41) is 18.8. The first-order valence-electron chi connectivity index (χ1n) is 9.41. The number of halogens is 3. The fraction of sp³-hybridized carbons (Fsp3) is 0.474. The second kappa shape index (κ2) is 7.58. The van der Waals surface area contributed by atoms with Crippen molar-refractivity contribution in [3.05, 3.63) is 46.8 Å². The van der Waals surface area contributed by atoms with Crippen molar-refractivity contribution >= 4 is 6.03 Å². The number of aromatic nitrogens is 2. The van der Waals surface area contributed by atoms with E-state index in [1.165, 1.54) is 4.68 Å². The Morgan fingerprint density at radius 2 is 2.10 bits per heavy atom. The molecule has 4 rings (SSSR count). The average molecular weight is 410 g/mol. The summed E-state index contributed by atoms with van der Waals surface area (Å²) in [5.74, 6) is 0.129. The van der Waals surface area contributed by atoms with Gasteiger partial charge in [-0.1, -0.05) is 6.07 Å². The second-order valence-electron chi connectivity index (χ2n) is 7.31. The molecule has 156 valence electrons. The summed E-state index contributed by atoms with van der Waals surface area (Å²) in [5.41, 5.74) is 1.21. The minimum absolute atomic E-state index is 0.0922. The highest BCUT2D eigenvalue weighted by Crippen LogP contribution is 2.32. The van der Waals surface area contributed by atoms with Crippen LogP contribution in [0.3, 0.4) is 0 Å². The highest BCUT2D eigenvalue weighted by molar-refractivity contribution is 5.74. The number of fused-ring (bicyclic) bond motifs is 1. The third-order valence-corrected chi connectivity index (χ3v) is 5.25. The minimum Gasteiger partial charge on any atom is -0.508 e. The molecule has 2 aromatic rings. The van der Waals surface area contributed by atoms with Gasteiger partial charge < -0.3 is 20.5 Å². The molecule has 29 heavy (non-hydrogen) atoms. The Morgan fingerprint density at radius 3 is 2.79 bits per heavy atom. The number of nitrogens with one attached hydrogen (secondary N) is 2. The summed E-state index contributed by atoms with van der Waals surface area (Å²) in [7, 11) is 0. The Bertz CT molecular complexity index is 909. The summed E-state index contributed by atoms with van der Waals surface area (Å²) in [6, 6.07) is 5.03. The van der Waals surface area contributed by atoms with Crippen LogP contribution >= 0.6 is 0 Å². The van der Waals surface area contributed by atoms with E-state index in [2.05, 4.69) is 15.7 Å². The van der Waals surface area contributed by atoms with Crippen LogP contribution in [0, 0.1) is 0 Å². The number of alkyl halides is 3. The van der Waals surface area contributed by atoms with E-state index in [0.29, 0.717) is 13.2 Å². The van der Waals surface area contributed by atoms with Crippen molar-refractivity contribution in [1.29, 1.82) is 0 Å². The molecular weight excluding hydrogens is 389 g/mol. The first-order valence-corrected chi connectivity index (χ1v) is 9.41. The number of phenols is 1. The number of benzene rings is 1. The molecule has 0 bridgehead atoms. The van der Waals surface area contributed by atoms with Crippen molar-refractivity contribution in [2.75, 3.05) is 13.2 Å². The molecule has 10 heteroatoms. The lowest BCUT2D eigenvalue weighted by molar-refractivity contribution is -0.142. The van der Waals surface area contributed by atoms with Crippen molar-refractivity contribution in [1.82, 2.24) is 20.4 Å². The van der Waals surface area contributed by atoms with Gasteiger partial charge in [-0.05, 0) is 48.6 Å². The molecule has 1 aromatic heterocycles. The highest BCUT2D eigenvalue weighted by atomic mass is 19.4. The number of aryl methyl sites for hydroxylation is 1. The molecule has 1 aliphatic carbocycles. The zero-order valence-corrected chi connectivity index (χ0v) is 15.5. The molecule has 0 saturated carbocycles.